The Labute approximate surface area is 130 Å². The van der Waals surface area contributed by atoms with Crippen molar-refractivity contribution in [1.29, 1.82) is 0 Å². The Hall–Kier alpha value is -2.08. The lowest BCUT2D eigenvalue weighted by Gasteiger charge is -2.07. The van der Waals surface area contributed by atoms with Crippen molar-refractivity contribution in [1.82, 2.24) is 14.3 Å². The third-order valence-corrected chi connectivity index (χ3v) is 4.06. The van der Waals surface area contributed by atoms with Gasteiger partial charge < -0.3 is 14.6 Å². The van der Waals surface area contributed by atoms with E-state index in [2.05, 4.69) is 21.9 Å². The molecule has 0 aromatic carbocycles. The molecule has 0 spiro atoms. The minimum atomic E-state index is -0.0775. The molecular formula is C16H22N4O2. The molecule has 0 radical (unpaired) electrons. The lowest BCUT2D eigenvalue weighted by Crippen LogP contribution is -2.13. The molecule has 22 heavy (non-hydrogen) atoms. The summed E-state index contributed by atoms with van der Waals surface area (Å²) in [4.78, 5) is 12.5. The third kappa shape index (κ3) is 2.92. The van der Waals surface area contributed by atoms with Gasteiger partial charge in [-0.15, -0.1) is 0 Å². The van der Waals surface area contributed by atoms with Crippen molar-refractivity contribution in [3.8, 4) is 0 Å². The fourth-order valence-corrected chi connectivity index (χ4v) is 2.84. The van der Waals surface area contributed by atoms with Crippen LogP contribution in [-0.4, -0.2) is 34.0 Å². The Balaban J connectivity index is 1.72. The summed E-state index contributed by atoms with van der Waals surface area (Å²) in [6.45, 7) is 5.34. The van der Waals surface area contributed by atoms with Gasteiger partial charge in [0.2, 0.25) is 0 Å². The average Bonchev–Trinajstić information content (AvgIpc) is 3.14. The number of nitrogens with zero attached hydrogens (tertiary/aromatic N) is 3. The first kappa shape index (κ1) is 14.8. The molecule has 6 nitrogen and oxygen atoms in total. The molecule has 0 aliphatic heterocycles. The van der Waals surface area contributed by atoms with Gasteiger partial charge in [0.15, 0.2) is 0 Å². The molecule has 1 aliphatic carbocycles. The average molecular weight is 302 g/mol. The van der Waals surface area contributed by atoms with Gasteiger partial charge >= 0.3 is 0 Å². The van der Waals surface area contributed by atoms with Crippen LogP contribution in [0.15, 0.2) is 18.5 Å². The number of anilines is 1. The summed E-state index contributed by atoms with van der Waals surface area (Å²) in [5.74, 6) is -0.0775. The summed E-state index contributed by atoms with van der Waals surface area (Å²) >= 11 is 0. The first-order chi connectivity index (χ1) is 10.6. The number of ether oxygens (including phenoxy) is 1. The number of aromatic nitrogens is 3. The Morgan fingerprint density at radius 1 is 1.45 bits per heavy atom. The number of carbonyl (C=O) groups is 1. The van der Waals surface area contributed by atoms with Crippen LogP contribution in [-0.2, 0) is 11.3 Å². The van der Waals surface area contributed by atoms with E-state index in [1.807, 2.05) is 19.2 Å². The molecule has 6 heteroatoms. The zero-order valence-electron chi connectivity index (χ0n) is 13.3. The number of methoxy groups -OCH3 is 1. The van der Waals surface area contributed by atoms with Crippen LogP contribution < -0.4 is 5.32 Å². The van der Waals surface area contributed by atoms with Gasteiger partial charge in [0.1, 0.15) is 0 Å². The summed E-state index contributed by atoms with van der Waals surface area (Å²) < 4.78 is 9.05. The van der Waals surface area contributed by atoms with Gasteiger partial charge in [0.25, 0.3) is 5.91 Å². The molecule has 1 saturated carbocycles. The molecule has 0 atom stereocenters. The van der Waals surface area contributed by atoms with Gasteiger partial charge in [-0.1, -0.05) is 0 Å². The van der Waals surface area contributed by atoms with E-state index in [4.69, 9.17) is 4.74 Å². The molecule has 3 rings (SSSR count). The lowest BCUT2D eigenvalue weighted by atomic mass is 10.2. The highest BCUT2D eigenvalue weighted by Gasteiger charge is 2.28. The second kappa shape index (κ2) is 5.96. The minimum Gasteiger partial charge on any atom is -0.383 e. The van der Waals surface area contributed by atoms with Crippen molar-refractivity contribution in [2.75, 3.05) is 19.0 Å². The highest BCUT2D eigenvalue weighted by atomic mass is 16.5. The van der Waals surface area contributed by atoms with E-state index in [0.717, 1.165) is 17.0 Å². The predicted molar refractivity (Wildman–Crippen MR) is 84.2 cm³/mol. The maximum atomic E-state index is 12.5. The van der Waals surface area contributed by atoms with E-state index in [1.165, 1.54) is 12.8 Å². The molecule has 1 amide bonds. The van der Waals surface area contributed by atoms with E-state index in [1.54, 1.807) is 18.0 Å². The third-order valence-electron chi connectivity index (χ3n) is 4.06. The normalized spacial score (nSPS) is 14.3. The monoisotopic (exact) mass is 302 g/mol. The largest absolute Gasteiger partial charge is 0.383 e. The summed E-state index contributed by atoms with van der Waals surface area (Å²) in [6.07, 6.45) is 5.90. The number of carbonyl (C=O) groups excluding carboxylic acids is 1. The van der Waals surface area contributed by atoms with E-state index < -0.39 is 0 Å². The minimum absolute atomic E-state index is 0.0775. The van der Waals surface area contributed by atoms with Crippen molar-refractivity contribution in [3.05, 3.63) is 35.4 Å². The van der Waals surface area contributed by atoms with Crippen molar-refractivity contribution >= 4 is 11.6 Å². The number of nitrogens with one attached hydrogen (secondary N) is 1. The molecule has 1 N–H and O–H groups in total. The fraction of sp³-hybridized carbons (Fsp3) is 0.500. The summed E-state index contributed by atoms with van der Waals surface area (Å²) in [5.41, 5.74) is 3.65. The van der Waals surface area contributed by atoms with E-state index >= 15 is 0 Å². The predicted octanol–water partition coefficient (Wildman–Crippen LogP) is 2.54. The van der Waals surface area contributed by atoms with Gasteiger partial charge in [0.05, 0.1) is 30.6 Å². The number of rotatable bonds is 6. The van der Waals surface area contributed by atoms with Crippen LogP contribution in [0.25, 0.3) is 0 Å². The maximum absolute atomic E-state index is 12.5. The van der Waals surface area contributed by atoms with Gasteiger partial charge in [-0.2, -0.15) is 5.10 Å². The number of aryl methyl sites for hydroxylation is 1. The van der Waals surface area contributed by atoms with Gasteiger partial charge in [-0.3, -0.25) is 9.48 Å². The van der Waals surface area contributed by atoms with Crippen LogP contribution >= 0.6 is 0 Å². The van der Waals surface area contributed by atoms with Crippen molar-refractivity contribution in [2.45, 2.75) is 39.3 Å². The molecule has 2 aromatic rings. The van der Waals surface area contributed by atoms with Crippen molar-refractivity contribution in [3.63, 3.8) is 0 Å². The molecule has 1 aliphatic rings. The topological polar surface area (TPSA) is 61.1 Å². The Morgan fingerprint density at radius 3 is 2.91 bits per heavy atom. The molecule has 1 fully saturated rings. The lowest BCUT2D eigenvalue weighted by molar-refractivity contribution is 0.102. The molecule has 118 valence electrons. The van der Waals surface area contributed by atoms with Gasteiger partial charge in [0, 0.05) is 30.7 Å². The van der Waals surface area contributed by atoms with Crippen LogP contribution in [0, 0.1) is 13.8 Å². The summed E-state index contributed by atoms with van der Waals surface area (Å²) in [5, 5.41) is 7.12. The Morgan fingerprint density at radius 2 is 2.23 bits per heavy atom. The Kier molecular flexibility index (Phi) is 4.02. The fourth-order valence-electron chi connectivity index (χ4n) is 2.84. The van der Waals surface area contributed by atoms with E-state index in [-0.39, 0.29) is 5.91 Å². The van der Waals surface area contributed by atoms with Crippen molar-refractivity contribution < 1.29 is 9.53 Å². The Bertz CT molecular complexity index is 682. The molecule has 2 heterocycles. The molecule has 0 bridgehead atoms. The first-order valence-electron chi connectivity index (χ1n) is 7.61. The maximum Gasteiger partial charge on any atom is 0.257 e. The molecule has 0 unspecified atom stereocenters. The zero-order chi connectivity index (χ0) is 15.7. The standard InChI is InChI=1S/C16H22N4O2/c1-11-8-15(12(2)20(11)14-4-5-14)16(21)18-13-9-17-19(10-13)6-7-22-3/h8-10,14H,4-7H2,1-3H3,(H,18,21). The number of hydrogen-bond donors (Lipinski definition) is 1. The zero-order valence-corrected chi connectivity index (χ0v) is 13.3. The second-order valence-corrected chi connectivity index (χ2v) is 5.82. The smallest absolute Gasteiger partial charge is 0.257 e. The molecule has 0 saturated heterocycles. The number of hydrogen-bond acceptors (Lipinski definition) is 3. The quantitative estimate of drug-likeness (QED) is 0.892. The summed E-state index contributed by atoms with van der Waals surface area (Å²) in [7, 11) is 1.65. The van der Waals surface area contributed by atoms with Crippen molar-refractivity contribution in [2.24, 2.45) is 0 Å². The van der Waals surface area contributed by atoms with E-state index in [0.29, 0.717) is 24.9 Å². The summed E-state index contributed by atoms with van der Waals surface area (Å²) in [6, 6.07) is 2.55. The van der Waals surface area contributed by atoms with Crippen LogP contribution in [0.5, 0.6) is 0 Å². The molecule has 2 aromatic heterocycles. The number of amides is 1. The first-order valence-corrected chi connectivity index (χ1v) is 7.61. The highest BCUT2D eigenvalue weighted by Crippen LogP contribution is 2.38. The van der Waals surface area contributed by atoms with Crippen LogP contribution in [0.4, 0.5) is 5.69 Å². The second-order valence-electron chi connectivity index (χ2n) is 5.82. The van der Waals surface area contributed by atoms with Gasteiger partial charge in [-0.25, -0.2) is 0 Å². The van der Waals surface area contributed by atoms with Crippen LogP contribution in [0.3, 0.4) is 0 Å². The SMILES string of the molecule is COCCn1cc(NC(=O)c2cc(C)n(C3CC3)c2C)cn1. The highest BCUT2D eigenvalue weighted by molar-refractivity contribution is 6.05. The van der Waals surface area contributed by atoms with Crippen LogP contribution in [0.2, 0.25) is 0 Å². The van der Waals surface area contributed by atoms with Gasteiger partial charge in [-0.05, 0) is 32.8 Å². The van der Waals surface area contributed by atoms with E-state index in [9.17, 15) is 4.79 Å². The molecular weight excluding hydrogens is 280 g/mol. The van der Waals surface area contributed by atoms with Crippen LogP contribution in [0.1, 0.15) is 40.6 Å².